The molecule has 0 aliphatic rings. The Morgan fingerprint density at radius 1 is 1.50 bits per heavy atom. The van der Waals surface area contributed by atoms with Gasteiger partial charge in [0.25, 0.3) is 0 Å². The minimum Gasteiger partial charge on any atom is -0.211 e. The summed E-state index contributed by atoms with van der Waals surface area (Å²) in [4.78, 5) is 14.2. The van der Waals surface area contributed by atoms with Crippen LogP contribution in [0.3, 0.4) is 0 Å². The van der Waals surface area contributed by atoms with Crippen LogP contribution in [0.2, 0.25) is 0 Å². The predicted octanol–water partition coefficient (Wildman–Crippen LogP) is 3.68. The number of rotatable bonds is 4. The van der Waals surface area contributed by atoms with Crippen LogP contribution in [0, 0.1) is 0 Å². The van der Waals surface area contributed by atoms with E-state index in [1.165, 1.54) is 0 Å². The van der Waals surface area contributed by atoms with Gasteiger partial charge in [0.05, 0.1) is 5.54 Å². The van der Waals surface area contributed by atoms with Gasteiger partial charge in [0.1, 0.15) is 0 Å². The number of benzene rings is 1. The molecular weight excluding hydrogens is 198 g/mol. The average molecular weight is 215 g/mol. The molecule has 0 aromatic heterocycles. The van der Waals surface area contributed by atoms with Crippen molar-refractivity contribution in [3.8, 4) is 0 Å². The Hall–Kier alpha value is -1.66. The van der Waals surface area contributed by atoms with Crippen molar-refractivity contribution in [1.29, 1.82) is 0 Å². The van der Waals surface area contributed by atoms with Gasteiger partial charge in [0.2, 0.25) is 6.08 Å². The van der Waals surface area contributed by atoms with Crippen LogP contribution in [0.4, 0.5) is 0 Å². The second-order valence-electron chi connectivity index (χ2n) is 4.30. The molecule has 0 heterocycles. The van der Waals surface area contributed by atoms with Crippen molar-refractivity contribution >= 4 is 11.7 Å². The molecule has 0 bridgehead atoms. The lowest BCUT2D eigenvalue weighted by molar-refractivity contribution is 0.523. The summed E-state index contributed by atoms with van der Waals surface area (Å²) < 4.78 is 0. The molecular formula is C14H17NO. The maximum absolute atomic E-state index is 10.4. The Morgan fingerprint density at radius 3 is 2.75 bits per heavy atom. The summed E-state index contributed by atoms with van der Waals surface area (Å²) in [6.07, 6.45) is 2.54. The van der Waals surface area contributed by atoms with Crippen molar-refractivity contribution in [1.82, 2.24) is 0 Å². The largest absolute Gasteiger partial charge is 0.235 e. The van der Waals surface area contributed by atoms with E-state index in [1.807, 2.05) is 38.1 Å². The molecule has 0 amide bonds. The predicted molar refractivity (Wildman–Crippen MR) is 66.9 cm³/mol. The van der Waals surface area contributed by atoms with Crippen LogP contribution < -0.4 is 0 Å². The number of hydrogen-bond acceptors (Lipinski definition) is 2. The van der Waals surface area contributed by atoms with E-state index in [2.05, 4.69) is 18.5 Å². The highest BCUT2D eigenvalue weighted by molar-refractivity contribution is 5.63. The summed E-state index contributed by atoms with van der Waals surface area (Å²) >= 11 is 0. The summed E-state index contributed by atoms with van der Waals surface area (Å²) in [7, 11) is 0. The Kier molecular flexibility index (Phi) is 3.81. The minimum absolute atomic E-state index is 0.522. The van der Waals surface area contributed by atoms with E-state index in [9.17, 15) is 4.79 Å². The fourth-order valence-corrected chi connectivity index (χ4v) is 1.50. The summed E-state index contributed by atoms with van der Waals surface area (Å²) in [6.45, 7) is 9.87. The van der Waals surface area contributed by atoms with Gasteiger partial charge in [-0.15, -0.1) is 0 Å². The molecule has 0 unspecified atom stereocenters. The van der Waals surface area contributed by atoms with Gasteiger partial charge >= 0.3 is 0 Å². The smallest absolute Gasteiger partial charge is 0.211 e. The molecule has 1 aromatic rings. The van der Waals surface area contributed by atoms with Gasteiger partial charge < -0.3 is 0 Å². The molecule has 0 saturated carbocycles. The van der Waals surface area contributed by atoms with E-state index >= 15 is 0 Å². The van der Waals surface area contributed by atoms with Crippen LogP contribution in [0.25, 0.3) is 5.57 Å². The number of aliphatic imine (C=N–C) groups is 1. The molecule has 84 valence electrons. The molecule has 0 spiro atoms. The van der Waals surface area contributed by atoms with Gasteiger partial charge in [-0.1, -0.05) is 31.7 Å². The third-order valence-electron chi connectivity index (χ3n) is 2.73. The lowest BCUT2D eigenvalue weighted by atomic mass is 9.92. The maximum atomic E-state index is 10.4. The van der Waals surface area contributed by atoms with E-state index in [0.29, 0.717) is 0 Å². The van der Waals surface area contributed by atoms with Crippen molar-refractivity contribution in [3.63, 3.8) is 0 Å². The first kappa shape index (κ1) is 12.4. The lowest BCUT2D eigenvalue weighted by Gasteiger charge is -2.19. The van der Waals surface area contributed by atoms with Crippen LogP contribution >= 0.6 is 0 Å². The third kappa shape index (κ3) is 2.68. The Labute approximate surface area is 96.7 Å². The lowest BCUT2D eigenvalue weighted by Crippen LogP contribution is -2.13. The topological polar surface area (TPSA) is 29.4 Å². The molecule has 0 N–H and O–H groups in total. The van der Waals surface area contributed by atoms with Gasteiger partial charge in [0.15, 0.2) is 0 Å². The van der Waals surface area contributed by atoms with Gasteiger partial charge in [0, 0.05) is 0 Å². The number of isocyanates is 1. The first-order valence-electron chi connectivity index (χ1n) is 5.39. The Bertz CT molecular complexity index is 440. The quantitative estimate of drug-likeness (QED) is 0.556. The molecule has 0 saturated heterocycles. The fourth-order valence-electron chi connectivity index (χ4n) is 1.50. The number of hydrogen-bond donors (Lipinski definition) is 0. The van der Waals surface area contributed by atoms with Crippen molar-refractivity contribution in [2.24, 2.45) is 4.99 Å². The third-order valence-corrected chi connectivity index (χ3v) is 2.73. The summed E-state index contributed by atoms with van der Waals surface area (Å²) in [5.41, 5.74) is 2.68. The molecule has 1 rings (SSSR count). The number of carbonyl (C=O) groups excluding carboxylic acids is 1. The molecule has 0 atom stereocenters. The molecule has 0 fully saturated rings. The van der Waals surface area contributed by atoms with E-state index in [1.54, 1.807) is 6.08 Å². The number of nitrogens with zero attached hydrogens (tertiary/aromatic N) is 1. The summed E-state index contributed by atoms with van der Waals surface area (Å²) in [6, 6.07) is 7.99. The van der Waals surface area contributed by atoms with Crippen LogP contribution in [0.15, 0.2) is 35.8 Å². The zero-order chi connectivity index (χ0) is 12.2. The highest BCUT2D eigenvalue weighted by Crippen LogP contribution is 2.27. The maximum Gasteiger partial charge on any atom is 0.235 e. The van der Waals surface area contributed by atoms with E-state index < -0.39 is 5.54 Å². The van der Waals surface area contributed by atoms with E-state index in [4.69, 9.17) is 0 Å². The number of allylic oxidation sites excluding steroid dienone is 1. The monoisotopic (exact) mass is 215 g/mol. The van der Waals surface area contributed by atoms with Crippen molar-refractivity contribution in [2.45, 2.75) is 32.7 Å². The van der Waals surface area contributed by atoms with E-state index in [-0.39, 0.29) is 0 Å². The first-order chi connectivity index (χ1) is 7.51. The summed E-state index contributed by atoms with van der Waals surface area (Å²) in [5, 5.41) is 0. The van der Waals surface area contributed by atoms with Crippen molar-refractivity contribution in [2.75, 3.05) is 0 Å². The highest BCUT2D eigenvalue weighted by atomic mass is 16.1. The molecule has 1 aromatic carbocycles. The van der Waals surface area contributed by atoms with E-state index in [0.717, 1.165) is 23.1 Å². The fraction of sp³-hybridized carbons (Fsp3) is 0.357. The standard InChI is InChI=1S/C14H17NO/c1-5-11(2)12-7-6-8-13(9-12)14(3,4)15-10-16/h6-9H,2,5H2,1,3-4H3. The second-order valence-corrected chi connectivity index (χ2v) is 4.30. The van der Waals surface area contributed by atoms with Crippen molar-refractivity contribution < 1.29 is 4.79 Å². The van der Waals surface area contributed by atoms with Gasteiger partial charge in [-0.25, -0.2) is 4.79 Å². The molecule has 0 aliphatic carbocycles. The normalized spacial score (nSPS) is 10.7. The molecule has 0 radical (unpaired) electrons. The van der Waals surface area contributed by atoms with Crippen LogP contribution in [-0.2, 0) is 10.3 Å². The second kappa shape index (κ2) is 4.91. The molecule has 16 heavy (non-hydrogen) atoms. The SMILES string of the molecule is C=C(CC)c1cccc(C(C)(C)N=C=O)c1. The van der Waals surface area contributed by atoms with Gasteiger partial charge in [-0.05, 0) is 43.0 Å². The van der Waals surface area contributed by atoms with Crippen molar-refractivity contribution in [3.05, 3.63) is 42.0 Å². The van der Waals surface area contributed by atoms with Crippen LogP contribution in [0.1, 0.15) is 38.3 Å². The molecule has 2 nitrogen and oxygen atoms in total. The van der Waals surface area contributed by atoms with Gasteiger partial charge in [-0.2, -0.15) is 4.99 Å². The average Bonchev–Trinajstić information content (AvgIpc) is 2.28. The Morgan fingerprint density at radius 2 is 2.19 bits per heavy atom. The summed E-state index contributed by atoms with van der Waals surface area (Å²) in [5.74, 6) is 0. The van der Waals surface area contributed by atoms with Crippen LogP contribution in [0.5, 0.6) is 0 Å². The zero-order valence-electron chi connectivity index (χ0n) is 10.1. The molecule has 2 heteroatoms. The minimum atomic E-state index is -0.522. The first-order valence-corrected chi connectivity index (χ1v) is 5.39. The van der Waals surface area contributed by atoms with Crippen LogP contribution in [-0.4, -0.2) is 6.08 Å². The highest BCUT2D eigenvalue weighted by Gasteiger charge is 2.19. The zero-order valence-corrected chi connectivity index (χ0v) is 10.1. The Balaban J connectivity index is 3.17. The van der Waals surface area contributed by atoms with Gasteiger partial charge in [-0.3, -0.25) is 0 Å². The molecule has 0 aliphatic heterocycles.